The van der Waals surface area contributed by atoms with Gasteiger partial charge in [-0.3, -0.25) is 4.79 Å². The molecule has 0 fully saturated rings. The van der Waals surface area contributed by atoms with Gasteiger partial charge in [-0.05, 0) is 26.2 Å². The molecule has 0 aliphatic carbocycles. The third kappa shape index (κ3) is 7.36. The minimum absolute atomic E-state index is 0.152. The molecule has 118 valence electrons. The molecule has 0 radical (unpaired) electrons. The molecular formula is C15H29NO4. The Hall–Kier alpha value is -1.26. The van der Waals surface area contributed by atoms with Crippen LogP contribution in [-0.4, -0.2) is 42.8 Å². The van der Waals surface area contributed by atoms with Crippen molar-refractivity contribution in [3.8, 4) is 0 Å². The highest BCUT2D eigenvalue weighted by molar-refractivity contribution is 5.72. The van der Waals surface area contributed by atoms with Crippen molar-refractivity contribution in [1.29, 1.82) is 0 Å². The second kappa shape index (κ2) is 10.5. The van der Waals surface area contributed by atoms with Crippen LogP contribution in [0.5, 0.6) is 0 Å². The molecule has 5 heteroatoms. The predicted octanol–water partition coefficient (Wildman–Crippen LogP) is 3.22. The van der Waals surface area contributed by atoms with E-state index in [2.05, 4.69) is 0 Å². The van der Waals surface area contributed by atoms with Crippen molar-refractivity contribution < 1.29 is 19.1 Å². The van der Waals surface area contributed by atoms with E-state index in [1.54, 1.807) is 18.7 Å². The third-order valence-corrected chi connectivity index (χ3v) is 2.83. The Morgan fingerprint density at radius 1 is 1.05 bits per heavy atom. The molecule has 0 spiro atoms. The zero-order chi connectivity index (χ0) is 15.5. The van der Waals surface area contributed by atoms with Gasteiger partial charge in [0.2, 0.25) is 0 Å². The van der Waals surface area contributed by atoms with Gasteiger partial charge >= 0.3 is 12.1 Å². The Kier molecular flexibility index (Phi) is 9.86. The Labute approximate surface area is 122 Å². The second-order valence-electron chi connectivity index (χ2n) is 5.20. The first-order valence-electron chi connectivity index (χ1n) is 7.55. The zero-order valence-electron chi connectivity index (χ0n) is 13.5. The molecule has 0 aliphatic heterocycles. The molecule has 1 amide bonds. The number of hydrogen-bond acceptors (Lipinski definition) is 4. The molecule has 0 N–H and O–H groups in total. The summed E-state index contributed by atoms with van der Waals surface area (Å²) in [5.74, 6) is 0.0602. The molecule has 1 unspecified atom stereocenters. The van der Waals surface area contributed by atoms with E-state index in [1.807, 2.05) is 20.8 Å². The molecule has 0 aromatic heterocycles. The molecule has 1 atom stereocenters. The summed E-state index contributed by atoms with van der Waals surface area (Å²) in [6.07, 6.45) is 1.55. The van der Waals surface area contributed by atoms with Crippen LogP contribution < -0.4 is 0 Å². The molecule has 0 bridgehead atoms. The van der Waals surface area contributed by atoms with Crippen molar-refractivity contribution in [2.75, 3.05) is 19.8 Å². The van der Waals surface area contributed by atoms with Crippen molar-refractivity contribution in [2.24, 2.45) is 5.92 Å². The SMILES string of the molecule is CCCC(CC(=O)OCC)N(CC(C)C)C(=O)OCC. The van der Waals surface area contributed by atoms with E-state index in [0.29, 0.717) is 25.7 Å². The maximum Gasteiger partial charge on any atom is 0.410 e. The lowest BCUT2D eigenvalue weighted by Crippen LogP contribution is -2.44. The van der Waals surface area contributed by atoms with Crippen LogP contribution in [0.25, 0.3) is 0 Å². The van der Waals surface area contributed by atoms with Gasteiger partial charge in [-0.25, -0.2) is 4.79 Å². The predicted molar refractivity (Wildman–Crippen MR) is 78.5 cm³/mol. The van der Waals surface area contributed by atoms with Crippen LogP contribution in [0.4, 0.5) is 4.79 Å². The maximum atomic E-state index is 12.1. The second-order valence-corrected chi connectivity index (χ2v) is 5.20. The first-order valence-corrected chi connectivity index (χ1v) is 7.55. The molecule has 20 heavy (non-hydrogen) atoms. The molecular weight excluding hydrogens is 258 g/mol. The first kappa shape index (κ1) is 18.7. The van der Waals surface area contributed by atoms with E-state index < -0.39 is 0 Å². The maximum absolute atomic E-state index is 12.1. The van der Waals surface area contributed by atoms with Gasteiger partial charge in [-0.1, -0.05) is 27.2 Å². The smallest absolute Gasteiger partial charge is 0.410 e. The van der Waals surface area contributed by atoms with Gasteiger partial charge in [0.05, 0.1) is 19.6 Å². The number of carbonyl (C=O) groups excluding carboxylic acids is 2. The summed E-state index contributed by atoms with van der Waals surface area (Å²) in [4.78, 5) is 25.5. The molecule has 5 nitrogen and oxygen atoms in total. The van der Waals surface area contributed by atoms with Crippen LogP contribution in [0.3, 0.4) is 0 Å². The fourth-order valence-corrected chi connectivity index (χ4v) is 2.09. The van der Waals surface area contributed by atoms with Crippen LogP contribution in [0, 0.1) is 5.92 Å². The van der Waals surface area contributed by atoms with Crippen molar-refractivity contribution in [3.05, 3.63) is 0 Å². The van der Waals surface area contributed by atoms with Crippen LogP contribution in [0.1, 0.15) is 53.9 Å². The number of rotatable bonds is 9. The third-order valence-electron chi connectivity index (χ3n) is 2.83. The largest absolute Gasteiger partial charge is 0.466 e. The van der Waals surface area contributed by atoms with Crippen LogP contribution in [-0.2, 0) is 14.3 Å². The van der Waals surface area contributed by atoms with E-state index in [-0.39, 0.29) is 24.5 Å². The van der Waals surface area contributed by atoms with E-state index in [9.17, 15) is 9.59 Å². The van der Waals surface area contributed by atoms with Crippen molar-refractivity contribution in [1.82, 2.24) is 4.90 Å². The molecule has 0 rings (SSSR count). The van der Waals surface area contributed by atoms with Gasteiger partial charge in [0.25, 0.3) is 0 Å². The summed E-state index contributed by atoms with van der Waals surface area (Å²) < 4.78 is 10.1. The van der Waals surface area contributed by atoms with Crippen LogP contribution >= 0.6 is 0 Å². The summed E-state index contributed by atoms with van der Waals surface area (Å²) in [6.45, 7) is 11.0. The van der Waals surface area contributed by atoms with Crippen molar-refractivity contribution in [2.45, 2.75) is 59.9 Å². The Balaban J connectivity index is 4.89. The summed E-state index contributed by atoms with van der Waals surface area (Å²) in [6, 6.07) is -0.152. The Morgan fingerprint density at radius 3 is 2.10 bits per heavy atom. The fourth-order valence-electron chi connectivity index (χ4n) is 2.09. The molecule has 0 saturated heterocycles. The quantitative estimate of drug-likeness (QED) is 0.611. The highest BCUT2D eigenvalue weighted by atomic mass is 16.6. The van der Waals surface area contributed by atoms with Gasteiger partial charge in [-0.2, -0.15) is 0 Å². The average Bonchev–Trinajstić information content (AvgIpc) is 2.35. The number of esters is 1. The van der Waals surface area contributed by atoms with Crippen LogP contribution in [0.2, 0.25) is 0 Å². The van der Waals surface area contributed by atoms with Crippen molar-refractivity contribution in [3.63, 3.8) is 0 Å². The molecule has 0 aliphatic rings. The van der Waals surface area contributed by atoms with Crippen LogP contribution in [0.15, 0.2) is 0 Å². The minimum Gasteiger partial charge on any atom is -0.466 e. The average molecular weight is 287 g/mol. The minimum atomic E-state index is -0.344. The molecule has 0 saturated carbocycles. The number of ether oxygens (including phenoxy) is 2. The molecule has 0 aromatic rings. The number of amides is 1. The van der Waals surface area contributed by atoms with Crippen molar-refractivity contribution >= 4 is 12.1 Å². The monoisotopic (exact) mass is 287 g/mol. The highest BCUT2D eigenvalue weighted by Crippen LogP contribution is 2.16. The summed E-state index contributed by atoms with van der Waals surface area (Å²) in [7, 11) is 0. The highest BCUT2D eigenvalue weighted by Gasteiger charge is 2.27. The molecule has 0 aromatic carbocycles. The van der Waals surface area contributed by atoms with Gasteiger partial charge in [0.15, 0.2) is 0 Å². The zero-order valence-corrected chi connectivity index (χ0v) is 13.5. The summed E-state index contributed by atoms with van der Waals surface area (Å²) >= 11 is 0. The first-order chi connectivity index (χ1) is 9.46. The lowest BCUT2D eigenvalue weighted by atomic mass is 10.1. The van der Waals surface area contributed by atoms with E-state index >= 15 is 0 Å². The summed E-state index contributed by atoms with van der Waals surface area (Å²) in [5, 5.41) is 0. The number of hydrogen-bond donors (Lipinski definition) is 0. The fraction of sp³-hybridized carbons (Fsp3) is 0.867. The lowest BCUT2D eigenvalue weighted by molar-refractivity contribution is -0.144. The topological polar surface area (TPSA) is 55.8 Å². The molecule has 0 heterocycles. The van der Waals surface area contributed by atoms with Gasteiger partial charge in [-0.15, -0.1) is 0 Å². The van der Waals surface area contributed by atoms with E-state index in [4.69, 9.17) is 9.47 Å². The standard InChI is InChI=1S/C15H29NO4/c1-6-9-13(10-14(17)19-7-2)16(11-12(4)5)15(18)20-8-3/h12-13H,6-11H2,1-5H3. The Morgan fingerprint density at radius 2 is 1.65 bits per heavy atom. The normalized spacial score (nSPS) is 12.1. The Bertz CT molecular complexity index is 292. The van der Waals surface area contributed by atoms with Gasteiger partial charge in [0, 0.05) is 12.6 Å². The van der Waals surface area contributed by atoms with Gasteiger partial charge in [0.1, 0.15) is 0 Å². The van der Waals surface area contributed by atoms with E-state index in [0.717, 1.165) is 12.8 Å². The summed E-state index contributed by atoms with van der Waals surface area (Å²) in [5.41, 5.74) is 0. The number of carbonyl (C=O) groups is 2. The lowest BCUT2D eigenvalue weighted by Gasteiger charge is -2.31. The van der Waals surface area contributed by atoms with Gasteiger partial charge < -0.3 is 14.4 Å². The van der Waals surface area contributed by atoms with E-state index in [1.165, 1.54) is 0 Å². The number of nitrogens with zero attached hydrogens (tertiary/aromatic N) is 1.